The van der Waals surface area contributed by atoms with Crippen molar-refractivity contribution in [2.75, 3.05) is 13.2 Å². The van der Waals surface area contributed by atoms with E-state index >= 15 is 0 Å². The minimum atomic E-state index is -0.0544. The fourth-order valence-electron chi connectivity index (χ4n) is 4.31. The Morgan fingerprint density at radius 1 is 1.12 bits per heavy atom. The topological polar surface area (TPSA) is 35.3 Å². The van der Waals surface area contributed by atoms with E-state index < -0.39 is 0 Å². The molecule has 4 atom stereocenters. The van der Waals surface area contributed by atoms with Crippen LogP contribution in [0.5, 0.6) is 0 Å². The quantitative estimate of drug-likeness (QED) is 0.455. The van der Waals surface area contributed by atoms with E-state index in [2.05, 4.69) is 24.3 Å². The molecule has 5 aliphatic rings. The van der Waals surface area contributed by atoms with Gasteiger partial charge in [0.2, 0.25) is 0 Å². The molecule has 3 nitrogen and oxygen atoms in total. The van der Waals surface area contributed by atoms with Crippen molar-refractivity contribution in [3.05, 3.63) is 29.5 Å². The van der Waals surface area contributed by atoms with Gasteiger partial charge in [-0.1, -0.05) is 24.3 Å². The van der Waals surface area contributed by atoms with E-state index in [0.717, 1.165) is 19.4 Å². The lowest BCUT2D eigenvalue weighted by Crippen LogP contribution is -2.62. The van der Waals surface area contributed by atoms with E-state index in [1.54, 1.807) is 0 Å². The molecule has 0 aromatic heterocycles. The number of nitrogens with zero attached hydrogens (tertiary/aromatic N) is 1. The van der Waals surface area contributed by atoms with Crippen molar-refractivity contribution < 1.29 is 9.48 Å². The number of rotatable bonds is 0. The van der Waals surface area contributed by atoms with Crippen molar-refractivity contribution in [1.82, 2.24) is 0 Å². The van der Waals surface area contributed by atoms with Gasteiger partial charge < -0.3 is 9.94 Å². The molecule has 0 spiro atoms. The molecule has 2 fully saturated rings. The van der Waals surface area contributed by atoms with Gasteiger partial charge in [0.05, 0.1) is 18.6 Å². The van der Waals surface area contributed by atoms with Crippen molar-refractivity contribution in [2.24, 2.45) is 16.7 Å². The maximum absolute atomic E-state index is 12.0. The van der Waals surface area contributed by atoms with Crippen LogP contribution in [0.1, 0.15) is 12.8 Å². The van der Waals surface area contributed by atoms with E-state index in [0.29, 0.717) is 12.5 Å². The van der Waals surface area contributed by atoms with Crippen LogP contribution in [-0.4, -0.2) is 30.2 Å². The average molecular weight is 217 g/mol. The Bertz CT molecular complexity index is 439. The molecule has 2 unspecified atom stereocenters. The number of hydroxylamine groups is 1. The molecule has 0 aromatic rings. The summed E-state index contributed by atoms with van der Waals surface area (Å²) in [5.41, 5.74) is 0.0206. The second kappa shape index (κ2) is 2.59. The van der Waals surface area contributed by atoms with Gasteiger partial charge in [-0.15, -0.1) is 0 Å². The highest BCUT2D eigenvalue weighted by molar-refractivity contribution is 5.62. The summed E-state index contributed by atoms with van der Waals surface area (Å²) in [5.74, 6) is 0.360. The largest absolute Gasteiger partial charge is 0.624 e. The Morgan fingerprint density at radius 2 is 1.88 bits per heavy atom. The number of hydrogen-bond acceptors (Lipinski definition) is 2. The van der Waals surface area contributed by atoms with Crippen molar-refractivity contribution in [1.29, 1.82) is 0 Å². The van der Waals surface area contributed by atoms with E-state index in [1.165, 1.54) is 4.74 Å². The van der Waals surface area contributed by atoms with Crippen LogP contribution in [0.15, 0.2) is 24.3 Å². The lowest BCUT2D eigenvalue weighted by Gasteiger charge is -2.54. The van der Waals surface area contributed by atoms with Crippen LogP contribution < -0.4 is 0 Å². The first-order chi connectivity index (χ1) is 7.79. The van der Waals surface area contributed by atoms with Gasteiger partial charge in [0.15, 0.2) is 12.3 Å². The second-order valence-electron chi connectivity index (χ2n) is 5.50. The normalized spacial score (nSPS) is 52.4. The molecule has 5 rings (SSSR count). The van der Waals surface area contributed by atoms with E-state index in [-0.39, 0.29) is 16.9 Å². The third kappa shape index (κ3) is 0.735. The molecule has 0 N–H and O–H groups in total. The number of ether oxygens (including phenoxy) is 1. The standard InChI is InChI=1S/C13H15NO2/c15-14-7-10-3-4-11(14)13-6-2-1-5-12(10,13)8-16-9-13/h1-2,5-7,10-11H,3-4,8-9H2/t10?,11-,12?,13+/m1/s1. The molecule has 2 aliphatic carbocycles. The third-order valence-corrected chi connectivity index (χ3v) is 5.09. The Kier molecular flexibility index (Phi) is 1.46. The Hall–Kier alpha value is -1.09. The Morgan fingerprint density at radius 3 is 2.69 bits per heavy atom. The molecule has 1 saturated carbocycles. The van der Waals surface area contributed by atoms with E-state index in [1.807, 2.05) is 6.21 Å². The summed E-state index contributed by atoms with van der Waals surface area (Å²) in [6, 6.07) is 0.0844. The zero-order valence-corrected chi connectivity index (χ0v) is 9.13. The molecule has 3 aliphatic heterocycles. The summed E-state index contributed by atoms with van der Waals surface area (Å²) in [6.45, 7) is 1.49. The summed E-state index contributed by atoms with van der Waals surface area (Å²) in [4.78, 5) is 0. The molecule has 3 heterocycles. The van der Waals surface area contributed by atoms with Gasteiger partial charge in [0.25, 0.3) is 0 Å². The molecule has 0 radical (unpaired) electrons. The van der Waals surface area contributed by atoms with Gasteiger partial charge in [-0.25, -0.2) is 4.74 Å². The van der Waals surface area contributed by atoms with Crippen LogP contribution in [-0.2, 0) is 4.74 Å². The predicted molar refractivity (Wildman–Crippen MR) is 60.2 cm³/mol. The van der Waals surface area contributed by atoms with Crippen LogP contribution in [0.4, 0.5) is 0 Å². The highest BCUT2D eigenvalue weighted by Crippen LogP contribution is 2.62. The maximum Gasteiger partial charge on any atom is 0.175 e. The van der Waals surface area contributed by atoms with Crippen molar-refractivity contribution in [3.63, 3.8) is 0 Å². The lowest BCUT2D eigenvalue weighted by atomic mass is 9.48. The zero-order valence-electron chi connectivity index (χ0n) is 9.13. The van der Waals surface area contributed by atoms with Crippen LogP contribution in [0.2, 0.25) is 0 Å². The van der Waals surface area contributed by atoms with Crippen LogP contribution in [0, 0.1) is 22.0 Å². The number of fused-ring (bicyclic) bond motifs is 1. The first kappa shape index (κ1) is 8.99. The first-order valence-electron chi connectivity index (χ1n) is 6.04. The molecular formula is C13H15NO2. The molecule has 0 amide bonds. The third-order valence-electron chi connectivity index (χ3n) is 5.09. The Labute approximate surface area is 94.7 Å². The molecular weight excluding hydrogens is 202 g/mol. The fraction of sp³-hybridized carbons (Fsp3) is 0.615. The van der Waals surface area contributed by atoms with Crippen molar-refractivity contribution in [2.45, 2.75) is 18.9 Å². The smallest absolute Gasteiger partial charge is 0.175 e. The molecule has 1 saturated heterocycles. The summed E-state index contributed by atoms with van der Waals surface area (Å²) in [5, 5.41) is 12.0. The van der Waals surface area contributed by atoms with Gasteiger partial charge in [-0.2, -0.15) is 0 Å². The van der Waals surface area contributed by atoms with Crippen LogP contribution >= 0.6 is 0 Å². The van der Waals surface area contributed by atoms with E-state index in [4.69, 9.17) is 4.74 Å². The molecule has 2 bridgehead atoms. The average Bonchev–Trinajstić information content (AvgIpc) is 2.71. The summed E-state index contributed by atoms with van der Waals surface area (Å²) >= 11 is 0. The van der Waals surface area contributed by atoms with Gasteiger partial charge in [0, 0.05) is 17.8 Å². The second-order valence-corrected chi connectivity index (χ2v) is 5.50. The SMILES string of the molecule is [O-][N+]1=CC2CC[C@@H]1[C@@]13C=CC=CC21COC3. The number of allylic oxidation sites excluding steroid dienone is 2. The molecule has 84 valence electrons. The van der Waals surface area contributed by atoms with Crippen molar-refractivity contribution in [3.8, 4) is 0 Å². The maximum atomic E-state index is 12.0. The lowest BCUT2D eigenvalue weighted by molar-refractivity contribution is -0.539. The van der Waals surface area contributed by atoms with Gasteiger partial charge >= 0.3 is 0 Å². The zero-order chi connectivity index (χ0) is 10.8. The fourth-order valence-corrected chi connectivity index (χ4v) is 4.31. The van der Waals surface area contributed by atoms with Crippen LogP contribution in [0.25, 0.3) is 0 Å². The van der Waals surface area contributed by atoms with Crippen LogP contribution in [0.3, 0.4) is 0 Å². The van der Waals surface area contributed by atoms with Crippen molar-refractivity contribution >= 4 is 6.21 Å². The van der Waals surface area contributed by atoms with Gasteiger partial charge in [-0.05, 0) is 6.42 Å². The summed E-state index contributed by atoms with van der Waals surface area (Å²) < 4.78 is 6.96. The summed E-state index contributed by atoms with van der Waals surface area (Å²) in [6.07, 6.45) is 12.8. The molecule has 3 heteroatoms. The summed E-state index contributed by atoms with van der Waals surface area (Å²) in [7, 11) is 0. The minimum Gasteiger partial charge on any atom is -0.624 e. The van der Waals surface area contributed by atoms with Gasteiger partial charge in [0.1, 0.15) is 0 Å². The monoisotopic (exact) mass is 217 g/mol. The highest BCUT2D eigenvalue weighted by Gasteiger charge is 2.69. The molecule has 16 heavy (non-hydrogen) atoms. The Balaban J connectivity index is 1.99. The van der Waals surface area contributed by atoms with E-state index in [9.17, 15) is 5.21 Å². The highest BCUT2D eigenvalue weighted by atomic mass is 16.5. The predicted octanol–water partition coefficient (Wildman–Crippen LogP) is 1.49. The van der Waals surface area contributed by atoms with Gasteiger partial charge in [-0.3, -0.25) is 0 Å². The minimum absolute atomic E-state index is 0.0544. The first-order valence-corrected chi connectivity index (χ1v) is 6.04. The number of hydrogen-bond donors (Lipinski definition) is 0. The molecule has 0 aromatic carbocycles.